The number of alkyl carbamates (subject to hydrolysis) is 1. The van der Waals surface area contributed by atoms with Crippen molar-refractivity contribution in [3.05, 3.63) is 29.6 Å². The summed E-state index contributed by atoms with van der Waals surface area (Å²) in [5.74, 6) is -0.623. The number of piperidine rings is 1. The molecule has 1 aromatic rings. The highest BCUT2D eigenvalue weighted by Crippen LogP contribution is 2.26. The lowest BCUT2D eigenvalue weighted by atomic mass is 9.95. The molecule has 1 aliphatic rings. The van der Waals surface area contributed by atoms with Gasteiger partial charge in [0.2, 0.25) is 5.91 Å². The minimum absolute atomic E-state index is 0.0536. The van der Waals surface area contributed by atoms with E-state index in [9.17, 15) is 19.2 Å². The molecule has 0 bridgehead atoms. The molecule has 7 nitrogen and oxygen atoms in total. The Labute approximate surface area is 171 Å². The molecule has 29 heavy (non-hydrogen) atoms. The van der Waals surface area contributed by atoms with Crippen LogP contribution < -0.4 is 15.5 Å². The lowest BCUT2D eigenvalue weighted by Crippen LogP contribution is -2.46. The SMILES string of the molecule is CC(CNC(=O)C1CCN(c2ccc(F)cc2C#N)CC1)NC(=O)OC(C)(C)C. The van der Waals surface area contributed by atoms with Gasteiger partial charge in [0.25, 0.3) is 0 Å². The molecule has 0 spiro atoms. The Morgan fingerprint density at radius 3 is 2.59 bits per heavy atom. The molecule has 0 saturated carbocycles. The Morgan fingerprint density at radius 2 is 2.00 bits per heavy atom. The van der Waals surface area contributed by atoms with Crippen LogP contribution in [-0.2, 0) is 9.53 Å². The zero-order valence-corrected chi connectivity index (χ0v) is 17.4. The molecule has 2 N–H and O–H groups in total. The Balaban J connectivity index is 1.79. The van der Waals surface area contributed by atoms with Crippen LogP contribution in [0, 0.1) is 23.1 Å². The minimum atomic E-state index is -0.572. The average molecular weight is 404 g/mol. The van der Waals surface area contributed by atoms with Gasteiger partial charge in [0.05, 0.1) is 11.3 Å². The zero-order valence-electron chi connectivity index (χ0n) is 17.4. The largest absolute Gasteiger partial charge is 0.444 e. The van der Waals surface area contributed by atoms with Gasteiger partial charge < -0.3 is 20.3 Å². The molecule has 2 amide bonds. The van der Waals surface area contributed by atoms with Gasteiger partial charge in [-0.05, 0) is 58.7 Å². The maximum atomic E-state index is 13.3. The number of halogens is 1. The zero-order chi connectivity index (χ0) is 21.6. The molecule has 2 rings (SSSR count). The standard InChI is InChI=1S/C21H29FN4O3/c1-14(25-20(28)29-21(2,3)4)13-24-19(27)15-7-9-26(10-8-15)18-6-5-17(22)11-16(18)12-23/h5-6,11,14-15H,7-10,13H2,1-4H3,(H,24,27)(H,25,28). The van der Waals surface area contributed by atoms with Crippen molar-refractivity contribution < 1.29 is 18.7 Å². The third kappa shape index (κ3) is 6.93. The number of hydrogen-bond donors (Lipinski definition) is 2. The second kappa shape index (κ2) is 9.59. The average Bonchev–Trinajstić information content (AvgIpc) is 2.64. The van der Waals surface area contributed by atoms with Gasteiger partial charge in [-0.2, -0.15) is 5.26 Å². The topological polar surface area (TPSA) is 94.5 Å². The van der Waals surface area contributed by atoms with Crippen molar-refractivity contribution in [1.82, 2.24) is 10.6 Å². The first-order valence-electron chi connectivity index (χ1n) is 9.81. The number of nitrogens with zero attached hydrogens (tertiary/aromatic N) is 2. The number of carbonyl (C=O) groups is 2. The van der Waals surface area contributed by atoms with E-state index in [4.69, 9.17) is 4.74 Å². The fraction of sp³-hybridized carbons (Fsp3) is 0.571. The van der Waals surface area contributed by atoms with Crippen molar-refractivity contribution in [3.8, 4) is 6.07 Å². The molecule has 8 heteroatoms. The lowest BCUT2D eigenvalue weighted by molar-refractivity contribution is -0.125. The fourth-order valence-electron chi connectivity index (χ4n) is 3.21. The number of amides is 2. The van der Waals surface area contributed by atoms with Crippen LogP contribution in [0.1, 0.15) is 46.1 Å². The molecule has 158 valence electrons. The molecule has 1 aliphatic heterocycles. The van der Waals surface area contributed by atoms with Crippen molar-refractivity contribution >= 4 is 17.7 Å². The predicted molar refractivity (Wildman–Crippen MR) is 108 cm³/mol. The van der Waals surface area contributed by atoms with Crippen molar-refractivity contribution in [2.75, 3.05) is 24.5 Å². The molecule has 1 saturated heterocycles. The maximum absolute atomic E-state index is 13.3. The van der Waals surface area contributed by atoms with Crippen LogP contribution in [0.25, 0.3) is 0 Å². The number of rotatable bonds is 5. The molecule has 1 unspecified atom stereocenters. The third-order valence-corrected chi connectivity index (χ3v) is 4.63. The lowest BCUT2D eigenvalue weighted by Gasteiger charge is -2.33. The van der Waals surface area contributed by atoms with Crippen molar-refractivity contribution in [2.45, 2.75) is 52.2 Å². The summed E-state index contributed by atoms with van der Waals surface area (Å²) in [5.41, 5.74) is 0.426. The van der Waals surface area contributed by atoms with Crippen LogP contribution in [-0.4, -0.2) is 43.3 Å². The van der Waals surface area contributed by atoms with Gasteiger partial charge in [-0.25, -0.2) is 9.18 Å². The number of hydrogen-bond acceptors (Lipinski definition) is 5. The highest BCUT2D eigenvalue weighted by atomic mass is 19.1. The van der Waals surface area contributed by atoms with E-state index in [1.54, 1.807) is 33.8 Å². The van der Waals surface area contributed by atoms with Gasteiger partial charge in [-0.15, -0.1) is 0 Å². The van der Waals surface area contributed by atoms with E-state index in [1.807, 2.05) is 11.0 Å². The summed E-state index contributed by atoms with van der Waals surface area (Å²) in [6, 6.07) is 5.95. The molecule has 0 aromatic heterocycles. The van der Waals surface area contributed by atoms with Gasteiger partial charge in [0.15, 0.2) is 0 Å². The van der Waals surface area contributed by atoms with Crippen molar-refractivity contribution in [2.24, 2.45) is 5.92 Å². The number of nitrogens with one attached hydrogen (secondary N) is 2. The summed E-state index contributed by atoms with van der Waals surface area (Å²) in [6.07, 6.45) is 0.768. The van der Waals surface area contributed by atoms with E-state index in [0.29, 0.717) is 43.7 Å². The summed E-state index contributed by atoms with van der Waals surface area (Å²) in [7, 11) is 0. The van der Waals surface area contributed by atoms with Crippen LogP contribution in [0.4, 0.5) is 14.9 Å². The van der Waals surface area contributed by atoms with E-state index in [-0.39, 0.29) is 17.9 Å². The second-order valence-corrected chi connectivity index (χ2v) is 8.33. The number of ether oxygens (including phenoxy) is 1. The molecule has 0 aliphatic carbocycles. The number of benzene rings is 1. The Morgan fingerprint density at radius 1 is 1.34 bits per heavy atom. The summed E-state index contributed by atoms with van der Waals surface area (Å²) >= 11 is 0. The van der Waals surface area contributed by atoms with E-state index >= 15 is 0 Å². The Hall–Kier alpha value is -2.82. The molecule has 1 aromatic carbocycles. The third-order valence-electron chi connectivity index (χ3n) is 4.63. The minimum Gasteiger partial charge on any atom is -0.444 e. The van der Waals surface area contributed by atoms with Gasteiger partial charge in [-0.3, -0.25) is 4.79 Å². The number of carbonyl (C=O) groups excluding carboxylic acids is 2. The summed E-state index contributed by atoms with van der Waals surface area (Å²) in [4.78, 5) is 26.2. The molecular weight excluding hydrogens is 375 g/mol. The smallest absolute Gasteiger partial charge is 0.407 e. The van der Waals surface area contributed by atoms with Crippen LogP contribution >= 0.6 is 0 Å². The van der Waals surface area contributed by atoms with Crippen molar-refractivity contribution in [3.63, 3.8) is 0 Å². The fourth-order valence-corrected chi connectivity index (χ4v) is 3.21. The highest BCUT2D eigenvalue weighted by molar-refractivity contribution is 5.79. The molecule has 1 fully saturated rings. The summed E-state index contributed by atoms with van der Waals surface area (Å²) < 4.78 is 18.5. The Kier molecular flexibility index (Phi) is 7.43. The quantitative estimate of drug-likeness (QED) is 0.787. The normalized spacial score (nSPS) is 15.9. The van der Waals surface area contributed by atoms with Crippen LogP contribution in [0.3, 0.4) is 0 Å². The molecular formula is C21H29FN4O3. The van der Waals surface area contributed by atoms with E-state index in [2.05, 4.69) is 10.6 Å². The molecule has 0 radical (unpaired) electrons. The Bertz CT molecular complexity index is 777. The summed E-state index contributed by atoms with van der Waals surface area (Å²) in [5, 5.41) is 14.8. The number of anilines is 1. The van der Waals surface area contributed by atoms with Crippen molar-refractivity contribution in [1.29, 1.82) is 5.26 Å². The monoisotopic (exact) mass is 404 g/mol. The number of nitriles is 1. The first kappa shape index (κ1) is 22.5. The van der Waals surface area contributed by atoms with Gasteiger partial charge in [0.1, 0.15) is 17.5 Å². The molecule has 1 heterocycles. The first-order valence-corrected chi connectivity index (χ1v) is 9.81. The van der Waals surface area contributed by atoms with E-state index in [1.165, 1.54) is 12.1 Å². The van der Waals surface area contributed by atoms with Crippen LogP contribution in [0.5, 0.6) is 0 Å². The van der Waals surface area contributed by atoms with Gasteiger partial charge >= 0.3 is 6.09 Å². The summed E-state index contributed by atoms with van der Waals surface area (Å²) in [6.45, 7) is 8.71. The maximum Gasteiger partial charge on any atom is 0.407 e. The first-order chi connectivity index (χ1) is 13.6. The highest BCUT2D eigenvalue weighted by Gasteiger charge is 2.26. The van der Waals surface area contributed by atoms with Crippen LogP contribution in [0.2, 0.25) is 0 Å². The van der Waals surface area contributed by atoms with E-state index < -0.39 is 17.5 Å². The van der Waals surface area contributed by atoms with Gasteiger partial charge in [0, 0.05) is 31.6 Å². The van der Waals surface area contributed by atoms with Gasteiger partial charge in [-0.1, -0.05) is 0 Å². The second-order valence-electron chi connectivity index (χ2n) is 8.33. The predicted octanol–water partition coefficient (Wildman–Crippen LogP) is 2.94. The van der Waals surface area contributed by atoms with E-state index in [0.717, 1.165) is 0 Å². The van der Waals surface area contributed by atoms with Crippen LogP contribution in [0.15, 0.2) is 18.2 Å². The molecule has 1 atom stereocenters.